The molecule has 0 aliphatic carbocycles. The molecular weight excluding hydrogens is 185 g/mol. The lowest BCUT2D eigenvalue weighted by atomic mass is 10.3. The maximum atomic E-state index is 13.1. The Kier molecular flexibility index (Phi) is 4.35. The van der Waals surface area contributed by atoms with Crippen molar-refractivity contribution in [1.29, 1.82) is 0 Å². The predicted octanol–water partition coefficient (Wildman–Crippen LogP) is 1.18. The molecule has 1 aromatic carbocycles. The van der Waals surface area contributed by atoms with Crippen LogP contribution in [-0.2, 0) is 4.74 Å². The summed E-state index contributed by atoms with van der Waals surface area (Å²) >= 11 is 0. The number of rotatable bonds is 5. The van der Waals surface area contributed by atoms with Gasteiger partial charge < -0.3 is 15.2 Å². The second-order valence-corrected chi connectivity index (χ2v) is 2.83. The number of hydrogen-bond acceptors (Lipinski definition) is 3. The molecule has 78 valence electrons. The number of para-hydroxylation sites is 1. The largest absolute Gasteiger partial charge is 0.488 e. The highest BCUT2D eigenvalue weighted by molar-refractivity contribution is 5.23. The van der Waals surface area contributed by atoms with E-state index in [1.54, 1.807) is 25.3 Å². The molecule has 1 aromatic rings. The lowest BCUT2D eigenvalue weighted by Gasteiger charge is -2.14. The molecule has 4 heteroatoms. The van der Waals surface area contributed by atoms with E-state index in [-0.39, 0.29) is 24.3 Å². The van der Waals surface area contributed by atoms with Crippen LogP contribution in [0.3, 0.4) is 0 Å². The molecule has 0 fully saturated rings. The number of benzene rings is 1. The van der Waals surface area contributed by atoms with E-state index < -0.39 is 0 Å². The van der Waals surface area contributed by atoms with Crippen molar-refractivity contribution in [2.24, 2.45) is 5.73 Å². The Morgan fingerprint density at radius 3 is 2.71 bits per heavy atom. The molecule has 1 rings (SSSR count). The van der Waals surface area contributed by atoms with Crippen LogP contribution in [0.5, 0.6) is 5.75 Å². The Balaban J connectivity index is 2.49. The SMILES string of the molecule is COC(CN)COc1ccccc1F. The van der Waals surface area contributed by atoms with Crippen molar-refractivity contribution in [2.45, 2.75) is 6.10 Å². The van der Waals surface area contributed by atoms with Crippen molar-refractivity contribution in [1.82, 2.24) is 0 Å². The van der Waals surface area contributed by atoms with Crippen molar-refractivity contribution >= 4 is 0 Å². The number of methoxy groups -OCH3 is 1. The van der Waals surface area contributed by atoms with Gasteiger partial charge in [-0.25, -0.2) is 4.39 Å². The first kappa shape index (κ1) is 10.9. The molecule has 0 aliphatic heterocycles. The lowest BCUT2D eigenvalue weighted by Crippen LogP contribution is -2.29. The van der Waals surface area contributed by atoms with Gasteiger partial charge in [0.15, 0.2) is 11.6 Å². The van der Waals surface area contributed by atoms with E-state index in [2.05, 4.69) is 0 Å². The van der Waals surface area contributed by atoms with Gasteiger partial charge in [-0.15, -0.1) is 0 Å². The second-order valence-electron chi connectivity index (χ2n) is 2.83. The van der Waals surface area contributed by atoms with Crippen LogP contribution >= 0.6 is 0 Å². The summed E-state index contributed by atoms with van der Waals surface area (Å²) in [5.74, 6) is -0.151. The highest BCUT2D eigenvalue weighted by Crippen LogP contribution is 2.15. The Bertz CT molecular complexity index is 277. The van der Waals surface area contributed by atoms with Gasteiger partial charge >= 0.3 is 0 Å². The number of hydrogen-bond donors (Lipinski definition) is 1. The molecule has 0 bridgehead atoms. The third kappa shape index (κ3) is 2.97. The minimum absolute atomic E-state index is 0.199. The number of ether oxygens (including phenoxy) is 2. The first-order valence-electron chi connectivity index (χ1n) is 4.38. The molecule has 0 aliphatic rings. The number of nitrogens with two attached hydrogens (primary N) is 1. The quantitative estimate of drug-likeness (QED) is 0.774. The van der Waals surface area contributed by atoms with Gasteiger partial charge in [0.1, 0.15) is 12.7 Å². The summed E-state index contributed by atoms with van der Waals surface area (Å²) in [4.78, 5) is 0. The first-order valence-corrected chi connectivity index (χ1v) is 4.38. The van der Waals surface area contributed by atoms with Crippen LogP contribution in [0.25, 0.3) is 0 Å². The fourth-order valence-corrected chi connectivity index (χ4v) is 0.977. The van der Waals surface area contributed by atoms with E-state index in [0.29, 0.717) is 6.54 Å². The standard InChI is InChI=1S/C10H14FNO2/c1-13-8(6-12)7-14-10-5-3-2-4-9(10)11/h2-5,8H,6-7,12H2,1H3. The van der Waals surface area contributed by atoms with Crippen molar-refractivity contribution in [3.63, 3.8) is 0 Å². The van der Waals surface area contributed by atoms with Crippen molar-refractivity contribution in [3.05, 3.63) is 30.1 Å². The minimum Gasteiger partial charge on any atom is -0.488 e. The summed E-state index contributed by atoms with van der Waals surface area (Å²) < 4.78 is 23.2. The van der Waals surface area contributed by atoms with E-state index in [9.17, 15) is 4.39 Å². The molecule has 0 spiro atoms. The van der Waals surface area contributed by atoms with Crippen LogP contribution < -0.4 is 10.5 Å². The zero-order chi connectivity index (χ0) is 10.4. The van der Waals surface area contributed by atoms with E-state index >= 15 is 0 Å². The first-order chi connectivity index (χ1) is 6.77. The van der Waals surface area contributed by atoms with Crippen LogP contribution in [0.15, 0.2) is 24.3 Å². The summed E-state index contributed by atoms with van der Waals surface area (Å²) in [7, 11) is 1.54. The maximum absolute atomic E-state index is 13.1. The predicted molar refractivity (Wildman–Crippen MR) is 51.7 cm³/mol. The lowest BCUT2D eigenvalue weighted by molar-refractivity contribution is 0.0630. The smallest absolute Gasteiger partial charge is 0.165 e. The maximum Gasteiger partial charge on any atom is 0.165 e. The number of halogens is 1. The Morgan fingerprint density at radius 1 is 1.43 bits per heavy atom. The summed E-state index contributed by atoms with van der Waals surface area (Å²) in [5, 5.41) is 0. The van der Waals surface area contributed by atoms with Gasteiger partial charge in [0.2, 0.25) is 0 Å². The molecule has 0 saturated heterocycles. The second kappa shape index (κ2) is 5.57. The average Bonchev–Trinajstić information content (AvgIpc) is 2.22. The van der Waals surface area contributed by atoms with Crippen LogP contribution in [0.1, 0.15) is 0 Å². The normalized spacial score (nSPS) is 12.5. The third-order valence-corrected chi connectivity index (χ3v) is 1.86. The van der Waals surface area contributed by atoms with Crippen LogP contribution in [0, 0.1) is 5.82 Å². The fraction of sp³-hybridized carbons (Fsp3) is 0.400. The van der Waals surface area contributed by atoms with Crippen molar-refractivity contribution in [3.8, 4) is 5.75 Å². The molecule has 0 amide bonds. The monoisotopic (exact) mass is 199 g/mol. The van der Waals surface area contributed by atoms with E-state index in [0.717, 1.165) is 0 Å². The Morgan fingerprint density at radius 2 is 2.14 bits per heavy atom. The molecule has 0 saturated carbocycles. The van der Waals surface area contributed by atoms with Crippen LogP contribution in [0.2, 0.25) is 0 Å². The molecular formula is C10H14FNO2. The van der Waals surface area contributed by atoms with Crippen LogP contribution in [-0.4, -0.2) is 26.4 Å². The molecule has 3 nitrogen and oxygen atoms in total. The van der Waals surface area contributed by atoms with Crippen LogP contribution in [0.4, 0.5) is 4.39 Å². The van der Waals surface area contributed by atoms with Gasteiger partial charge in [0, 0.05) is 13.7 Å². The molecule has 0 heterocycles. The summed E-state index contributed by atoms with van der Waals surface area (Å²) in [6, 6.07) is 6.24. The van der Waals surface area contributed by atoms with Gasteiger partial charge in [-0.1, -0.05) is 12.1 Å². The molecule has 14 heavy (non-hydrogen) atoms. The third-order valence-electron chi connectivity index (χ3n) is 1.86. The highest BCUT2D eigenvalue weighted by Gasteiger charge is 2.07. The average molecular weight is 199 g/mol. The summed E-state index contributed by atoms with van der Waals surface area (Å²) in [5.41, 5.74) is 5.39. The van der Waals surface area contributed by atoms with E-state index in [1.165, 1.54) is 6.07 Å². The van der Waals surface area contributed by atoms with Gasteiger partial charge in [0.25, 0.3) is 0 Å². The molecule has 1 atom stereocenters. The Hall–Kier alpha value is -1.13. The van der Waals surface area contributed by atoms with Gasteiger partial charge in [0.05, 0.1) is 0 Å². The molecule has 1 unspecified atom stereocenters. The topological polar surface area (TPSA) is 44.5 Å². The van der Waals surface area contributed by atoms with Crippen molar-refractivity contribution in [2.75, 3.05) is 20.3 Å². The van der Waals surface area contributed by atoms with Gasteiger partial charge in [-0.05, 0) is 12.1 Å². The van der Waals surface area contributed by atoms with E-state index in [4.69, 9.17) is 15.2 Å². The van der Waals surface area contributed by atoms with Crippen molar-refractivity contribution < 1.29 is 13.9 Å². The summed E-state index contributed by atoms with van der Waals surface area (Å²) in [6.07, 6.45) is -0.199. The molecule has 0 aromatic heterocycles. The van der Waals surface area contributed by atoms with Gasteiger partial charge in [-0.3, -0.25) is 0 Å². The van der Waals surface area contributed by atoms with E-state index in [1.807, 2.05) is 0 Å². The zero-order valence-electron chi connectivity index (χ0n) is 8.07. The minimum atomic E-state index is -0.376. The molecule has 0 radical (unpaired) electrons. The Labute approximate surface area is 82.6 Å². The summed E-state index contributed by atoms with van der Waals surface area (Å²) in [6.45, 7) is 0.610. The molecule has 2 N–H and O–H groups in total. The van der Waals surface area contributed by atoms with Gasteiger partial charge in [-0.2, -0.15) is 0 Å². The highest BCUT2D eigenvalue weighted by atomic mass is 19.1. The zero-order valence-corrected chi connectivity index (χ0v) is 8.07. The fourth-order valence-electron chi connectivity index (χ4n) is 0.977.